The number of carbonyl (C=O) groups excluding carboxylic acids is 1. The van der Waals surface area contributed by atoms with E-state index in [2.05, 4.69) is 19.1 Å². The van der Waals surface area contributed by atoms with Gasteiger partial charge >= 0.3 is 5.97 Å². The molecule has 238 valence electrons. The largest absolute Gasteiger partial charge is 0.463 e. The summed E-state index contributed by atoms with van der Waals surface area (Å²) < 4.78 is 12.1. The molecule has 4 nitrogen and oxygen atoms in total. The zero-order chi connectivity index (χ0) is 31.1. The van der Waals surface area contributed by atoms with E-state index in [0.29, 0.717) is 6.42 Å². The van der Waals surface area contributed by atoms with Crippen LogP contribution in [0.25, 0.3) is 0 Å². The molecule has 0 saturated heterocycles. The maximum atomic E-state index is 12.4. The van der Waals surface area contributed by atoms with E-state index in [1.54, 1.807) is 0 Å². The van der Waals surface area contributed by atoms with Crippen molar-refractivity contribution >= 4 is 5.97 Å². The van der Waals surface area contributed by atoms with Crippen LogP contribution in [-0.2, 0) is 19.9 Å². The highest BCUT2D eigenvalue weighted by Gasteiger charge is 2.38. The predicted octanol–water partition coefficient (Wildman–Crippen LogP) is 9.94. The number of hydrogen-bond donors (Lipinski definition) is 1. The van der Waals surface area contributed by atoms with E-state index in [1.807, 2.05) is 91.0 Å². The maximum absolute atomic E-state index is 12.4. The van der Waals surface area contributed by atoms with Gasteiger partial charge in [0.05, 0.1) is 6.61 Å². The van der Waals surface area contributed by atoms with Crippen molar-refractivity contribution in [2.24, 2.45) is 0 Å². The summed E-state index contributed by atoms with van der Waals surface area (Å²) in [5.74, 6) is -0.262. The number of benzene rings is 3. The molecule has 44 heavy (non-hydrogen) atoms. The molecule has 0 heterocycles. The summed E-state index contributed by atoms with van der Waals surface area (Å²) in [6.45, 7) is 2.19. The van der Waals surface area contributed by atoms with Gasteiger partial charge < -0.3 is 14.6 Å². The first-order chi connectivity index (χ1) is 21.7. The highest BCUT2D eigenvalue weighted by molar-refractivity contribution is 5.69. The van der Waals surface area contributed by atoms with Crippen LogP contribution in [0.5, 0.6) is 0 Å². The van der Waals surface area contributed by atoms with Crippen molar-refractivity contribution in [3.05, 3.63) is 120 Å². The van der Waals surface area contributed by atoms with Gasteiger partial charge in [0.15, 0.2) is 0 Å². The Morgan fingerprint density at radius 3 is 1.55 bits per heavy atom. The number of esters is 1. The lowest BCUT2D eigenvalue weighted by Gasteiger charge is -2.36. The molecule has 0 unspecified atom stereocenters. The Bertz CT molecular complexity index is 1060. The molecular weight excluding hydrogens is 544 g/mol. The van der Waals surface area contributed by atoms with Crippen molar-refractivity contribution in [2.75, 3.05) is 13.2 Å². The zero-order valence-electron chi connectivity index (χ0n) is 26.9. The predicted molar refractivity (Wildman–Crippen MR) is 182 cm³/mol. The van der Waals surface area contributed by atoms with Gasteiger partial charge in [0.2, 0.25) is 0 Å². The number of allylic oxidation sites excluding steroid dienone is 2. The van der Waals surface area contributed by atoms with Gasteiger partial charge in [-0.15, -0.1) is 0 Å². The fourth-order valence-corrected chi connectivity index (χ4v) is 5.64. The molecule has 1 N–H and O–H groups in total. The standard InChI is InChI=1S/C40H54O4/c1-2-3-4-5-6-7-8-9-10-11-12-13-14-15-25-32-39(42)43-33-38(41)34-44-40(35-26-19-16-20-27-35,36-28-21-17-22-29-36)37-30-23-18-24-31-37/h9-10,16-24,26-31,38,41H,2-8,11-15,25,32-34H2,1H3/b10-9-/t38-/m0/s1. The van der Waals surface area contributed by atoms with Gasteiger partial charge in [-0.05, 0) is 48.8 Å². The monoisotopic (exact) mass is 598 g/mol. The number of carbonyl (C=O) groups is 1. The fraction of sp³-hybridized carbons (Fsp3) is 0.475. The van der Waals surface area contributed by atoms with Gasteiger partial charge in [0.1, 0.15) is 18.3 Å². The van der Waals surface area contributed by atoms with Crippen LogP contribution < -0.4 is 0 Å². The van der Waals surface area contributed by atoms with Crippen LogP contribution >= 0.6 is 0 Å². The lowest BCUT2D eigenvalue weighted by Crippen LogP contribution is -2.37. The molecule has 0 aliphatic rings. The molecule has 0 aliphatic heterocycles. The van der Waals surface area contributed by atoms with Crippen molar-refractivity contribution in [3.8, 4) is 0 Å². The zero-order valence-corrected chi connectivity index (χ0v) is 26.9. The second-order valence-corrected chi connectivity index (χ2v) is 11.8. The van der Waals surface area contributed by atoms with Gasteiger partial charge in [0.25, 0.3) is 0 Å². The lowest BCUT2D eigenvalue weighted by atomic mass is 9.80. The number of aliphatic hydroxyl groups excluding tert-OH is 1. The van der Waals surface area contributed by atoms with E-state index >= 15 is 0 Å². The number of aliphatic hydroxyl groups is 1. The number of unbranched alkanes of at least 4 members (excludes halogenated alkanes) is 11. The van der Waals surface area contributed by atoms with E-state index in [1.165, 1.54) is 57.8 Å². The van der Waals surface area contributed by atoms with Crippen molar-refractivity contribution in [2.45, 2.75) is 109 Å². The average Bonchev–Trinajstić information content (AvgIpc) is 3.07. The second kappa shape index (κ2) is 21.5. The van der Waals surface area contributed by atoms with E-state index in [9.17, 15) is 9.90 Å². The van der Waals surface area contributed by atoms with Gasteiger partial charge in [-0.2, -0.15) is 0 Å². The minimum absolute atomic E-state index is 0.0133. The summed E-state index contributed by atoms with van der Waals surface area (Å²) in [6.07, 6.45) is 20.0. The minimum Gasteiger partial charge on any atom is -0.463 e. The molecular formula is C40H54O4. The molecule has 0 bridgehead atoms. The Morgan fingerprint density at radius 1 is 0.636 bits per heavy atom. The first-order valence-corrected chi connectivity index (χ1v) is 17.0. The highest BCUT2D eigenvalue weighted by Crippen LogP contribution is 2.40. The van der Waals surface area contributed by atoms with E-state index in [-0.39, 0.29) is 19.2 Å². The summed E-state index contributed by atoms with van der Waals surface area (Å²) in [4.78, 5) is 12.4. The molecule has 0 radical (unpaired) electrons. The van der Waals surface area contributed by atoms with Crippen LogP contribution in [0.2, 0.25) is 0 Å². The van der Waals surface area contributed by atoms with Crippen molar-refractivity contribution in [3.63, 3.8) is 0 Å². The lowest BCUT2D eigenvalue weighted by molar-refractivity contribution is -0.149. The quantitative estimate of drug-likeness (QED) is 0.0511. The van der Waals surface area contributed by atoms with Gasteiger partial charge in [-0.3, -0.25) is 4.79 Å². The highest BCUT2D eigenvalue weighted by atomic mass is 16.6. The summed E-state index contributed by atoms with van der Waals surface area (Å²) >= 11 is 0. The second-order valence-electron chi connectivity index (χ2n) is 11.8. The molecule has 3 aromatic rings. The molecule has 3 rings (SSSR count). The maximum Gasteiger partial charge on any atom is 0.305 e. The van der Waals surface area contributed by atoms with Crippen LogP contribution in [0.4, 0.5) is 0 Å². The molecule has 4 heteroatoms. The van der Waals surface area contributed by atoms with Crippen molar-refractivity contribution in [1.82, 2.24) is 0 Å². The Kier molecular flexibility index (Phi) is 17.2. The van der Waals surface area contributed by atoms with Gasteiger partial charge in [-0.25, -0.2) is 0 Å². The summed E-state index contributed by atoms with van der Waals surface area (Å²) in [7, 11) is 0. The Morgan fingerprint density at radius 2 is 1.07 bits per heavy atom. The summed E-state index contributed by atoms with van der Waals surface area (Å²) in [5.41, 5.74) is 1.97. The van der Waals surface area contributed by atoms with Gasteiger partial charge in [0, 0.05) is 6.42 Å². The van der Waals surface area contributed by atoms with Crippen molar-refractivity contribution in [1.29, 1.82) is 0 Å². The average molecular weight is 599 g/mol. The molecule has 0 spiro atoms. The van der Waals surface area contributed by atoms with Crippen LogP contribution in [0.15, 0.2) is 103 Å². The Hall–Kier alpha value is -3.21. The normalized spacial score (nSPS) is 12.4. The van der Waals surface area contributed by atoms with Crippen LogP contribution in [0, 0.1) is 0 Å². The fourth-order valence-electron chi connectivity index (χ4n) is 5.64. The summed E-state index contributed by atoms with van der Waals surface area (Å²) in [6, 6.07) is 30.2. The van der Waals surface area contributed by atoms with Crippen molar-refractivity contribution < 1.29 is 19.4 Å². The number of hydrogen-bond acceptors (Lipinski definition) is 4. The Balaban J connectivity index is 1.36. The number of rotatable bonds is 23. The molecule has 3 aromatic carbocycles. The molecule has 0 aliphatic carbocycles. The summed E-state index contributed by atoms with van der Waals surface area (Å²) in [5, 5.41) is 10.8. The first-order valence-electron chi connectivity index (χ1n) is 17.0. The topological polar surface area (TPSA) is 55.8 Å². The molecule has 0 aromatic heterocycles. The van der Waals surface area contributed by atoms with Gasteiger partial charge in [-0.1, -0.05) is 161 Å². The van der Waals surface area contributed by atoms with Crippen LogP contribution in [0.1, 0.15) is 114 Å². The van der Waals surface area contributed by atoms with Crippen LogP contribution in [0.3, 0.4) is 0 Å². The molecule has 0 saturated carbocycles. The third kappa shape index (κ3) is 12.4. The van der Waals surface area contributed by atoms with E-state index in [0.717, 1.165) is 42.4 Å². The Labute approximate surface area is 266 Å². The molecule has 1 atom stereocenters. The minimum atomic E-state index is -0.941. The van der Waals surface area contributed by atoms with Crippen LogP contribution in [-0.4, -0.2) is 30.4 Å². The molecule has 0 amide bonds. The van der Waals surface area contributed by atoms with E-state index in [4.69, 9.17) is 9.47 Å². The molecule has 0 fully saturated rings. The smallest absolute Gasteiger partial charge is 0.305 e. The first kappa shape index (κ1) is 35.3. The third-order valence-corrected chi connectivity index (χ3v) is 8.11. The number of ether oxygens (including phenoxy) is 2. The third-order valence-electron chi connectivity index (χ3n) is 8.11. The SMILES string of the molecule is CCCCCCCC/C=C\CCCCCCCC(=O)OC[C@H](O)COC(c1ccccc1)(c1ccccc1)c1ccccc1. The van der Waals surface area contributed by atoms with E-state index < -0.39 is 11.7 Å².